The van der Waals surface area contributed by atoms with E-state index in [1.807, 2.05) is 18.2 Å². The van der Waals surface area contributed by atoms with Crippen LogP contribution in [0.5, 0.6) is 0 Å². The molecule has 0 aliphatic heterocycles. The number of carboxylic acids is 1. The molecule has 0 unspecified atom stereocenters. The molecule has 0 aromatic heterocycles. The SMILES string of the molecule is O=C(O)[C@@H]1CC[C@H](C(=O)NCCc2cccc3ccccc23)C1. The molecule has 2 atom stereocenters. The van der Waals surface area contributed by atoms with Crippen molar-refractivity contribution in [2.45, 2.75) is 25.7 Å². The van der Waals surface area contributed by atoms with Gasteiger partial charge >= 0.3 is 5.97 Å². The lowest BCUT2D eigenvalue weighted by atomic mass is 10.0. The van der Waals surface area contributed by atoms with E-state index in [1.54, 1.807) is 0 Å². The highest BCUT2D eigenvalue weighted by Gasteiger charge is 2.33. The van der Waals surface area contributed by atoms with Crippen LogP contribution < -0.4 is 5.32 Å². The molecule has 0 bridgehead atoms. The molecular weight excluding hydrogens is 290 g/mol. The van der Waals surface area contributed by atoms with Gasteiger partial charge in [0.1, 0.15) is 0 Å². The van der Waals surface area contributed by atoms with Gasteiger partial charge in [0, 0.05) is 12.5 Å². The number of rotatable bonds is 5. The normalized spacial score (nSPS) is 20.5. The van der Waals surface area contributed by atoms with E-state index in [0.29, 0.717) is 25.8 Å². The van der Waals surface area contributed by atoms with E-state index < -0.39 is 5.97 Å². The van der Waals surface area contributed by atoms with Crippen molar-refractivity contribution in [2.75, 3.05) is 6.54 Å². The molecular formula is C19H21NO3. The van der Waals surface area contributed by atoms with E-state index in [-0.39, 0.29) is 17.7 Å². The quantitative estimate of drug-likeness (QED) is 0.892. The topological polar surface area (TPSA) is 66.4 Å². The number of fused-ring (bicyclic) bond motifs is 1. The second-order valence-corrected chi connectivity index (χ2v) is 6.22. The highest BCUT2D eigenvalue weighted by molar-refractivity contribution is 5.86. The molecule has 0 saturated heterocycles. The standard InChI is InChI=1S/C19H21NO3/c21-18(15-8-9-16(12-15)19(22)23)20-11-10-14-6-3-5-13-4-1-2-7-17(13)14/h1-7,15-16H,8-12H2,(H,20,21)(H,22,23)/t15-,16+/m0/s1. The number of benzene rings is 2. The number of hydrogen-bond donors (Lipinski definition) is 2. The maximum Gasteiger partial charge on any atom is 0.306 e. The Morgan fingerprint density at radius 1 is 1.04 bits per heavy atom. The van der Waals surface area contributed by atoms with Gasteiger partial charge in [-0.05, 0) is 42.0 Å². The number of carbonyl (C=O) groups excluding carboxylic acids is 1. The number of nitrogens with one attached hydrogen (secondary N) is 1. The van der Waals surface area contributed by atoms with Crippen LogP contribution in [0.25, 0.3) is 10.8 Å². The Hall–Kier alpha value is -2.36. The zero-order valence-corrected chi connectivity index (χ0v) is 13.0. The Labute approximate surface area is 135 Å². The first kappa shape index (κ1) is 15.5. The minimum absolute atomic E-state index is 0.00557. The number of carbonyl (C=O) groups is 2. The maximum absolute atomic E-state index is 12.2. The minimum atomic E-state index is -0.781. The fourth-order valence-electron chi connectivity index (χ4n) is 3.42. The first-order valence-corrected chi connectivity index (χ1v) is 8.12. The van der Waals surface area contributed by atoms with Crippen molar-refractivity contribution in [2.24, 2.45) is 11.8 Å². The lowest BCUT2D eigenvalue weighted by Gasteiger charge is -2.12. The summed E-state index contributed by atoms with van der Waals surface area (Å²) in [6.07, 6.45) is 2.53. The summed E-state index contributed by atoms with van der Waals surface area (Å²) in [6, 6.07) is 14.4. The summed E-state index contributed by atoms with van der Waals surface area (Å²) in [5.41, 5.74) is 1.22. The van der Waals surface area contributed by atoms with E-state index >= 15 is 0 Å². The Morgan fingerprint density at radius 2 is 1.78 bits per heavy atom. The van der Waals surface area contributed by atoms with Gasteiger partial charge in [-0.1, -0.05) is 42.5 Å². The summed E-state index contributed by atoms with van der Waals surface area (Å²) >= 11 is 0. The molecule has 2 aromatic carbocycles. The van der Waals surface area contributed by atoms with E-state index in [4.69, 9.17) is 5.11 Å². The summed E-state index contributed by atoms with van der Waals surface area (Å²) in [5.74, 6) is -1.29. The molecule has 0 spiro atoms. The van der Waals surface area contributed by atoms with E-state index in [2.05, 4.69) is 29.6 Å². The Morgan fingerprint density at radius 3 is 2.57 bits per heavy atom. The third-order valence-corrected chi connectivity index (χ3v) is 4.73. The van der Waals surface area contributed by atoms with Gasteiger partial charge in [0.25, 0.3) is 0 Å². The molecule has 120 valence electrons. The van der Waals surface area contributed by atoms with Crippen LogP contribution >= 0.6 is 0 Å². The fraction of sp³-hybridized carbons (Fsp3) is 0.368. The molecule has 23 heavy (non-hydrogen) atoms. The predicted octanol–water partition coefficient (Wildman–Crippen LogP) is 3.00. The van der Waals surface area contributed by atoms with Crippen molar-refractivity contribution < 1.29 is 14.7 Å². The molecule has 1 saturated carbocycles. The zero-order chi connectivity index (χ0) is 16.2. The summed E-state index contributed by atoms with van der Waals surface area (Å²) in [4.78, 5) is 23.1. The third-order valence-electron chi connectivity index (χ3n) is 4.73. The smallest absolute Gasteiger partial charge is 0.306 e. The van der Waals surface area contributed by atoms with Crippen molar-refractivity contribution in [3.63, 3.8) is 0 Å². The van der Waals surface area contributed by atoms with E-state index in [0.717, 1.165) is 6.42 Å². The maximum atomic E-state index is 12.2. The Bertz CT molecular complexity index is 720. The van der Waals surface area contributed by atoms with Gasteiger partial charge in [0.15, 0.2) is 0 Å². The molecule has 1 amide bonds. The molecule has 4 nitrogen and oxygen atoms in total. The lowest BCUT2D eigenvalue weighted by Crippen LogP contribution is -2.31. The van der Waals surface area contributed by atoms with Crippen molar-refractivity contribution >= 4 is 22.6 Å². The van der Waals surface area contributed by atoms with Gasteiger partial charge in [-0.2, -0.15) is 0 Å². The second kappa shape index (κ2) is 6.82. The van der Waals surface area contributed by atoms with Crippen molar-refractivity contribution in [1.82, 2.24) is 5.32 Å². The minimum Gasteiger partial charge on any atom is -0.481 e. The fourth-order valence-corrected chi connectivity index (χ4v) is 3.42. The van der Waals surface area contributed by atoms with Gasteiger partial charge in [-0.3, -0.25) is 9.59 Å². The average Bonchev–Trinajstić information content (AvgIpc) is 3.05. The van der Waals surface area contributed by atoms with Gasteiger partial charge in [0.05, 0.1) is 5.92 Å². The summed E-state index contributed by atoms with van der Waals surface area (Å²) in [7, 11) is 0. The lowest BCUT2D eigenvalue weighted by molar-refractivity contribution is -0.141. The highest BCUT2D eigenvalue weighted by Crippen LogP contribution is 2.31. The van der Waals surface area contributed by atoms with Crippen LogP contribution in [0, 0.1) is 11.8 Å². The van der Waals surface area contributed by atoms with Crippen molar-refractivity contribution in [3.05, 3.63) is 48.0 Å². The Balaban J connectivity index is 1.55. The van der Waals surface area contributed by atoms with Gasteiger partial charge in [-0.15, -0.1) is 0 Å². The van der Waals surface area contributed by atoms with Crippen LogP contribution in [0.3, 0.4) is 0 Å². The van der Waals surface area contributed by atoms with Crippen molar-refractivity contribution in [1.29, 1.82) is 0 Å². The van der Waals surface area contributed by atoms with Crippen LogP contribution in [0.4, 0.5) is 0 Å². The van der Waals surface area contributed by atoms with Gasteiger partial charge in [0.2, 0.25) is 5.91 Å². The third kappa shape index (κ3) is 3.52. The van der Waals surface area contributed by atoms with E-state index in [1.165, 1.54) is 16.3 Å². The van der Waals surface area contributed by atoms with Gasteiger partial charge in [-0.25, -0.2) is 0 Å². The first-order valence-electron chi connectivity index (χ1n) is 8.12. The van der Waals surface area contributed by atoms with Crippen LogP contribution in [0.2, 0.25) is 0 Å². The van der Waals surface area contributed by atoms with E-state index in [9.17, 15) is 9.59 Å². The molecule has 0 heterocycles. The molecule has 1 aliphatic rings. The average molecular weight is 311 g/mol. The summed E-state index contributed by atoms with van der Waals surface area (Å²) < 4.78 is 0. The largest absolute Gasteiger partial charge is 0.481 e. The molecule has 0 radical (unpaired) electrons. The van der Waals surface area contributed by atoms with Crippen LogP contribution in [0.1, 0.15) is 24.8 Å². The van der Waals surface area contributed by atoms with Crippen LogP contribution in [-0.2, 0) is 16.0 Å². The monoisotopic (exact) mass is 311 g/mol. The second-order valence-electron chi connectivity index (χ2n) is 6.22. The molecule has 2 aromatic rings. The van der Waals surface area contributed by atoms with Crippen LogP contribution in [0.15, 0.2) is 42.5 Å². The summed E-state index contributed by atoms with van der Waals surface area (Å²) in [6.45, 7) is 0.584. The Kier molecular flexibility index (Phi) is 4.60. The first-order chi connectivity index (χ1) is 11.1. The van der Waals surface area contributed by atoms with Crippen LogP contribution in [-0.4, -0.2) is 23.5 Å². The number of aliphatic carboxylic acids is 1. The predicted molar refractivity (Wildman–Crippen MR) is 89.1 cm³/mol. The zero-order valence-electron chi connectivity index (χ0n) is 13.0. The number of hydrogen-bond acceptors (Lipinski definition) is 2. The number of carboxylic acid groups (broad SMARTS) is 1. The number of amides is 1. The van der Waals surface area contributed by atoms with Crippen molar-refractivity contribution in [3.8, 4) is 0 Å². The highest BCUT2D eigenvalue weighted by atomic mass is 16.4. The molecule has 2 N–H and O–H groups in total. The molecule has 4 heteroatoms. The molecule has 1 aliphatic carbocycles. The summed E-state index contributed by atoms with van der Waals surface area (Å²) in [5, 5.41) is 14.4. The van der Waals surface area contributed by atoms with Gasteiger partial charge < -0.3 is 10.4 Å². The molecule has 3 rings (SSSR count). The molecule has 1 fully saturated rings.